The first kappa shape index (κ1) is 19.8. The average molecular weight is 217 g/mol. The topological polar surface area (TPSA) is 64.1 Å². The quantitative estimate of drug-likeness (QED) is 0.489. The molecule has 0 fully saturated rings. The molecule has 0 amide bonds. The van der Waals surface area contributed by atoms with Crippen molar-refractivity contribution >= 4 is 0 Å². The van der Waals surface area contributed by atoms with Crippen molar-refractivity contribution in [3.8, 4) is 0 Å². The molecule has 5 N–H and O–H groups in total. The Morgan fingerprint density at radius 2 is 1.33 bits per heavy atom. The van der Waals surface area contributed by atoms with Crippen LogP contribution in [-0.2, 0) is 0 Å². The predicted octanol–water partition coefficient (Wildman–Crippen LogP) is 3.27. The Balaban J connectivity index is -0.000000318. The van der Waals surface area contributed by atoms with E-state index in [0.29, 0.717) is 0 Å². The third-order valence-corrected chi connectivity index (χ3v) is 1.58. The monoisotopic (exact) mass is 217 g/mol. The number of hydrogen-bond acceptors (Lipinski definition) is 3. The normalized spacial score (nSPS) is 10.1. The number of allylic oxidation sites excluding steroid dienone is 2. The van der Waals surface area contributed by atoms with Gasteiger partial charge in [0.1, 0.15) is 0 Å². The van der Waals surface area contributed by atoms with E-state index in [-0.39, 0.29) is 0 Å². The summed E-state index contributed by atoms with van der Waals surface area (Å²) in [4.78, 5) is 0. The minimum Gasteiger partial charge on any atom is -0.401 e. The van der Waals surface area contributed by atoms with Crippen LogP contribution in [0, 0.1) is 0 Å². The van der Waals surface area contributed by atoms with Gasteiger partial charge in [-0.05, 0) is 12.8 Å². The zero-order valence-electron chi connectivity index (χ0n) is 11.5. The van der Waals surface area contributed by atoms with Gasteiger partial charge in [0.2, 0.25) is 0 Å². The molecule has 0 saturated carbocycles. The molecule has 3 heteroatoms. The highest BCUT2D eigenvalue weighted by Crippen LogP contribution is 2.07. The van der Waals surface area contributed by atoms with Crippen molar-refractivity contribution in [2.75, 3.05) is 0 Å². The highest BCUT2D eigenvalue weighted by molar-refractivity contribution is 5.07. The van der Waals surface area contributed by atoms with Crippen LogP contribution in [0.25, 0.3) is 0 Å². The van der Waals surface area contributed by atoms with E-state index in [1.165, 1.54) is 0 Å². The third kappa shape index (κ3) is 13.3. The highest BCUT2D eigenvalue weighted by atomic mass is 15.2. The fraction of sp³-hybridized carbons (Fsp3) is 0.833. The highest BCUT2D eigenvalue weighted by Gasteiger charge is 1.98. The van der Waals surface area contributed by atoms with Crippen LogP contribution >= 0.6 is 0 Å². The summed E-state index contributed by atoms with van der Waals surface area (Å²) in [6.45, 7) is 12.2. The third-order valence-electron chi connectivity index (χ3n) is 1.58. The first-order valence-electron chi connectivity index (χ1n) is 6.20. The fourth-order valence-corrected chi connectivity index (χ4v) is 0.996. The van der Waals surface area contributed by atoms with Crippen LogP contribution in [0.2, 0.25) is 0 Å². The van der Waals surface area contributed by atoms with Crippen LogP contribution in [-0.4, -0.2) is 0 Å². The molecule has 0 radical (unpaired) electrons. The van der Waals surface area contributed by atoms with E-state index in [2.05, 4.69) is 19.3 Å². The molecule has 0 unspecified atom stereocenters. The molecule has 0 heterocycles. The summed E-state index contributed by atoms with van der Waals surface area (Å²) in [6, 6.07) is 0. The summed E-state index contributed by atoms with van der Waals surface area (Å²) in [7, 11) is 0. The minimum absolute atomic E-state index is 0.900. The molecular formula is C12H31N3. The van der Waals surface area contributed by atoms with Gasteiger partial charge < -0.3 is 11.2 Å². The van der Waals surface area contributed by atoms with E-state index >= 15 is 0 Å². The van der Waals surface area contributed by atoms with Crippen molar-refractivity contribution in [1.29, 1.82) is 0 Å². The van der Waals surface area contributed by atoms with Crippen LogP contribution in [0.15, 0.2) is 11.4 Å². The fourth-order valence-electron chi connectivity index (χ4n) is 0.996. The first-order valence-corrected chi connectivity index (χ1v) is 6.20. The molecule has 0 aliphatic rings. The van der Waals surface area contributed by atoms with Crippen LogP contribution in [0.5, 0.6) is 0 Å². The molecule has 0 aliphatic carbocycles. The van der Waals surface area contributed by atoms with E-state index in [9.17, 15) is 0 Å². The zero-order chi connectivity index (χ0) is 12.7. The average Bonchev–Trinajstić information content (AvgIpc) is 2.31. The molecule has 0 atom stereocenters. The molecule has 0 aromatic carbocycles. The zero-order valence-corrected chi connectivity index (χ0v) is 11.5. The van der Waals surface area contributed by atoms with Gasteiger partial charge in [-0.3, -0.25) is 5.84 Å². The Morgan fingerprint density at radius 1 is 0.933 bits per heavy atom. The molecule has 0 aliphatic heterocycles. The number of hydrazine groups is 1. The van der Waals surface area contributed by atoms with Gasteiger partial charge in [0.05, 0.1) is 0 Å². The maximum Gasteiger partial charge on any atom is 0.0446 e. The lowest BCUT2D eigenvalue weighted by Crippen LogP contribution is -2.24. The van der Waals surface area contributed by atoms with Crippen molar-refractivity contribution in [2.45, 2.75) is 67.2 Å². The predicted molar refractivity (Wildman–Crippen MR) is 71.0 cm³/mol. The van der Waals surface area contributed by atoms with E-state index in [1.54, 1.807) is 0 Å². The number of nitrogens with one attached hydrogen (secondary N) is 1. The molecule has 94 valence electrons. The second-order valence-corrected chi connectivity index (χ2v) is 2.65. The smallest absolute Gasteiger partial charge is 0.0446 e. The van der Waals surface area contributed by atoms with Gasteiger partial charge in [0.15, 0.2) is 0 Å². The molecule has 0 aromatic heterocycles. The van der Waals surface area contributed by atoms with Gasteiger partial charge >= 0.3 is 0 Å². The summed E-state index contributed by atoms with van der Waals surface area (Å²) >= 11 is 0. The summed E-state index contributed by atoms with van der Waals surface area (Å²) in [5.41, 5.74) is 10.3. The van der Waals surface area contributed by atoms with E-state index in [1.807, 2.05) is 27.7 Å². The Morgan fingerprint density at radius 3 is 1.60 bits per heavy atom. The van der Waals surface area contributed by atoms with Crippen LogP contribution in [0.4, 0.5) is 0 Å². The first-order chi connectivity index (χ1) is 7.26. The number of hydrogen-bond donors (Lipinski definition) is 3. The number of nitrogens with two attached hydrogens (primary N) is 2. The molecule has 0 saturated heterocycles. The van der Waals surface area contributed by atoms with Crippen molar-refractivity contribution in [3.63, 3.8) is 0 Å². The van der Waals surface area contributed by atoms with Gasteiger partial charge in [-0.1, -0.05) is 54.4 Å². The van der Waals surface area contributed by atoms with Crippen molar-refractivity contribution < 1.29 is 0 Å². The maximum atomic E-state index is 5.76. The lowest BCUT2D eigenvalue weighted by atomic mass is 10.1. The second-order valence-electron chi connectivity index (χ2n) is 2.65. The molecule has 3 nitrogen and oxygen atoms in total. The standard InChI is InChI=1S/C8H19N3.2C2H6/c1-3-5-7(9)8(11-10)6-4-2;2*1-2/h11H,3-6,9-10H2,1-2H3;2*1-2H3/b8-7-;;. The maximum absolute atomic E-state index is 5.76. The van der Waals surface area contributed by atoms with Gasteiger partial charge in [0, 0.05) is 11.4 Å². The lowest BCUT2D eigenvalue weighted by molar-refractivity contribution is 0.730. The van der Waals surface area contributed by atoms with Gasteiger partial charge in [-0.2, -0.15) is 0 Å². The summed E-state index contributed by atoms with van der Waals surface area (Å²) in [5.74, 6) is 5.30. The Hall–Kier alpha value is -0.700. The van der Waals surface area contributed by atoms with Crippen LogP contribution in [0.1, 0.15) is 67.2 Å². The molecule has 0 aromatic rings. The molecule has 0 rings (SSSR count). The minimum atomic E-state index is 0.900. The second kappa shape index (κ2) is 19.0. The lowest BCUT2D eigenvalue weighted by Gasteiger charge is -2.09. The number of rotatable bonds is 5. The van der Waals surface area contributed by atoms with Crippen LogP contribution < -0.4 is 17.0 Å². The summed E-state index contributed by atoms with van der Waals surface area (Å²) in [5, 5.41) is 0. The molecule has 0 bridgehead atoms. The summed E-state index contributed by atoms with van der Waals surface area (Å²) < 4.78 is 0. The van der Waals surface area contributed by atoms with Crippen molar-refractivity contribution in [2.24, 2.45) is 11.6 Å². The van der Waals surface area contributed by atoms with E-state index in [0.717, 1.165) is 37.1 Å². The van der Waals surface area contributed by atoms with Gasteiger partial charge in [0.25, 0.3) is 0 Å². The van der Waals surface area contributed by atoms with Gasteiger partial charge in [-0.15, -0.1) is 0 Å². The molecule has 15 heavy (non-hydrogen) atoms. The Kier molecular flexibility index (Phi) is 25.0. The van der Waals surface area contributed by atoms with E-state index < -0.39 is 0 Å². The Bertz CT molecular complexity index is 131. The van der Waals surface area contributed by atoms with Crippen molar-refractivity contribution in [3.05, 3.63) is 11.4 Å². The van der Waals surface area contributed by atoms with Crippen molar-refractivity contribution in [1.82, 2.24) is 5.43 Å². The largest absolute Gasteiger partial charge is 0.401 e. The summed E-state index contributed by atoms with van der Waals surface area (Å²) in [6.07, 6.45) is 4.02. The SMILES string of the molecule is CC.CC.CCC/C(N)=C(\CCC)NN. The van der Waals surface area contributed by atoms with Gasteiger partial charge in [-0.25, -0.2) is 0 Å². The van der Waals surface area contributed by atoms with Crippen LogP contribution in [0.3, 0.4) is 0 Å². The molecular weight excluding hydrogens is 186 g/mol. The van der Waals surface area contributed by atoms with E-state index in [4.69, 9.17) is 11.6 Å². The molecule has 0 spiro atoms. The Labute approximate surface area is 96.3 Å².